The number of rotatable bonds is 5. The lowest BCUT2D eigenvalue weighted by Crippen LogP contribution is -2.09. The molecule has 0 fully saturated rings. The first-order chi connectivity index (χ1) is 9.51. The van der Waals surface area contributed by atoms with E-state index < -0.39 is 0 Å². The first-order valence-electron chi connectivity index (χ1n) is 7.36. The van der Waals surface area contributed by atoms with E-state index in [9.17, 15) is 0 Å². The van der Waals surface area contributed by atoms with Crippen molar-refractivity contribution >= 4 is 22.3 Å². The Kier molecular flexibility index (Phi) is 4.48. The Hall–Kier alpha value is -1.77. The molecule has 1 N–H and O–H groups in total. The molecular weight excluding hydrogens is 246 g/mol. The molecule has 0 aliphatic carbocycles. The number of benzene rings is 1. The molecule has 3 heteroatoms. The molecule has 2 rings (SSSR count). The molecule has 0 atom stereocenters. The minimum Gasteiger partial charge on any atom is -0.385 e. The van der Waals surface area contributed by atoms with Crippen molar-refractivity contribution in [3.05, 3.63) is 30.0 Å². The number of fused-ring (bicyclic) bond motifs is 1. The van der Waals surface area contributed by atoms with Crippen LogP contribution in [0.15, 0.2) is 24.3 Å². The molecule has 1 aromatic heterocycles. The Morgan fingerprint density at radius 2 is 1.95 bits per heavy atom. The number of anilines is 2. The number of hydrogen-bond donors (Lipinski definition) is 1. The molecular formula is C17H25N3. The molecule has 0 aliphatic heterocycles. The fraction of sp³-hybridized carbons (Fsp3) is 0.471. The number of aromatic nitrogens is 1. The van der Waals surface area contributed by atoms with Crippen LogP contribution in [-0.2, 0) is 6.42 Å². The van der Waals surface area contributed by atoms with Gasteiger partial charge in [-0.2, -0.15) is 0 Å². The summed E-state index contributed by atoms with van der Waals surface area (Å²) in [6.07, 6.45) is 1.02. The van der Waals surface area contributed by atoms with Crippen LogP contribution in [0.25, 0.3) is 10.9 Å². The summed E-state index contributed by atoms with van der Waals surface area (Å²) in [4.78, 5) is 6.92. The Balaban J connectivity index is 2.55. The summed E-state index contributed by atoms with van der Waals surface area (Å²) >= 11 is 0. The first-order valence-corrected chi connectivity index (χ1v) is 7.36. The highest BCUT2D eigenvalue weighted by atomic mass is 15.1. The molecule has 0 amide bonds. The molecule has 1 aromatic carbocycles. The number of nitrogens with one attached hydrogen (secondary N) is 1. The SMILES string of the molecule is CCNc1cc(CC(C)C)nc2ccc(N(C)C)cc12. The molecule has 0 aliphatic rings. The average Bonchev–Trinajstić information content (AvgIpc) is 2.37. The van der Waals surface area contributed by atoms with Crippen LogP contribution in [0.3, 0.4) is 0 Å². The van der Waals surface area contributed by atoms with Gasteiger partial charge >= 0.3 is 0 Å². The van der Waals surface area contributed by atoms with Gasteiger partial charge in [-0.3, -0.25) is 4.98 Å². The van der Waals surface area contributed by atoms with Gasteiger partial charge in [-0.15, -0.1) is 0 Å². The molecule has 0 unspecified atom stereocenters. The predicted molar refractivity (Wildman–Crippen MR) is 88.8 cm³/mol. The van der Waals surface area contributed by atoms with E-state index in [0.717, 1.165) is 18.5 Å². The third-order valence-electron chi connectivity index (χ3n) is 3.35. The summed E-state index contributed by atoms with van der Waals surface area (Å²) in [7, 11) is 4.13. The summed E-state index contributed by atoms with van der Waals surface area (Å²) in [5.41, 5.74) is 4.64. The minimum absolute atomic E-state index is 0.621. The van der Waals surface area contributed by atoms with Crippen LogP contribution >= 0.6 is 0 Å². The summed E-state index contributed by atoms with van der Waals surface area (Å²) in [5, 5.41) is 4.67. The van der Waals surface area contributed by atoms with Crippen molar-refractivity contribution in [3.63, 3.8) is 0 Å². The summed E-state index contributed by atoms with van der Waals surface area (Å²) in [6.45, 7) is 7.51. The van der Waals surface area contributed by atoms with E-state index in [1.165, 1.54) is 22.5 Å². The third kappa shape index (κ3) is 3.21. The van der Waals surface area contributed by atoms with Crippen LogP contribution in [-0.4, -0.2) is 25.6 Å². The normalized spacial score (nSPS) is 11.1. The van der Waals surface area contributed by atoms with E-state index in [1.807, 2.05) is 0 Å². The zero-order valence-electron chi connectivity index (χ0n) is 13.2. The zero-order chi connectivity index (χ0) is 14.7. The van der Waals surface area contributed by atoms with E-state index >= 15 is 0 Å². The van der Waals surface area contributed by atoms with E-state index in [4.69, 9.17) is 4.98 Å². The standard InChI is InChI=1S/C17H25N3/c1-6-18-17-10-13(9-12(2)3)19-16-8-7-14(20(4)5)11-15(16)17/h7-8,10-12H,6,9H2,1-5H3,(H,18,19). The van der Waals surface area contributed by atoms with Crippen molar-refractivity contribution < 1.29 is 0 Å². The number of nitrogens with zero attached hydrogens (tertiary/aromatic N) is 2. The monoisotopic (exact) mass is 271 g/mol. The van der Waals surface area contributed by atoms with Crippen LogP contribution in [0, 0.1) is 5.92 Å². The van der Waals surface area contributed by atoms with Crippen molar-refractivity contribution in [1.29, 1.82) is 0 Å². The van der Waals surface area contributed by atoms with Gasteiger partial charge in [0.25, 0.3) is 0 Å². The van der Waals surface area contributed by atoms with Crippen molar-refractivity contribution in [3.8, 4) is 0 Å². The highest BCUT2D eigenvalue weighted by Gasteiger charge is 2.08. The van der Waals surface area contributed by atoms with Gasteiger partial charge in [0.1, 0.15) is 0 Å². The quantitative estimate of drug-likeness (QED) is 0.893. The molecule has 0 radical (unpaired) electrons. The van der Waals surface area contributed by atoms with Gasteiger partial charge in [0.05, 0.1) is 5.52 Å². The van der Waals surface area contributed by atoms with Crippen molar-refractivity contribution in [2.45, 2.75) is 27.2 Å². The van der Waals surface area contributed by atoms with E-state index in [0.29, 0.717) is 5.92 Å². The van der Waals surface area contributed by atoms with E-state index in [-0.39, 0.29) is 0 Å². The largest absolute Gasteiger partial charge is 0.385 e. The van der Waals surface area contributed by atoms with Gasteiger partial charge in [0, 0.05) is 43.1 Å². The van der Waals surface area contributed by atoms with Crippen LogP contribution in [0.5, 0.6) is 0 Å². The lowest BCUT2D eigenvalue weighted by atomic mass is 10.0. The smallest absolute Gasteiger partial charge is 0.0727 e. The summed E-state index contributed by atoms with van der Waals surface area (Å²) in [6, 6.07) is 8.66. The van der Waals surface area contributed by atoms with Gasteiger partial charge in [-0.05, 0) is 43.5 Å². The second-order valence-electron chi connectivity index (χ2n) is 5.89. The van der Waals surface area contributed by atoms with Crippen LogP contribution in [0.2, 0.25) is 0 Å². The van der Waals surface area contributed by atoms with Gasteiger partial charge in [-0.1, -0.05) is 13.8 Å². The molecule has 0 saturated heterocycles. The average molecular weight is 271 g/mol. The van der Waals surface area contributed by atoms with E-state index in [2.05, 4.69) is 69.3 Å². The lowest BCUT2D eigenvalue weighted by Gasteiger charge is -2.16. The topological polar surface area (TPSA) is 28.2 Å². The first kappa shape index (κ1) is 14.6. The molecule has 1 heterocycles. The minimum atomic E-state index is 0.621. The maximum absolute atomic E-state index is 4.80. The molecule has 3 nitrogen and oxygen atoms in total. The predicted octanol–water partition coefficient (Wildman–Crippen LogP) is 3.93. The van der Waals surface area contributed by atoms with Crippen LogP contribution in [0.1, 0.15) is 26.5 Å². The third-order valence-corrected chi connectivity index (χ3v) is 3.35. The van der Waals surface area contributed by atoms with E-state index in [1.54, 1.807) is 0 Å². The molecule has 0 spiro atoms. The Morgan fingerprint density at radius 1 is 1.20 bits per heavy atom. The van der Waals surface area contributed by atoms with Crippen molar-refractivity contribution in [2.75, 3.05) is 30.9 Å². The van der Waals surface area contributed by atoms with Crippen molar-refractivity contribution in [1.82, 2.24) is 4.98 Å². The fourth-order valence-electron chi connectivity index (χ4n) is 2.41. The molecule has 108 valence electrons. The van der Waals surface area contributed by atoms with Gasteiger partial charge in [0.15, 0.2) is 0 Å². The van der Waals surface area contributed by atoms with Gasteiger partial charge < -0.3 is 10.2 Å². The fourth-order valence-corrected chi connectivity index (χ4v) is 2.41. The Morgan fingerprint density at radius 3 is 2.55 bits per heavy atom. The lowest BCUT2D eigenvalue weighted by molar-refractivity contribution is 0.637. The van der Waals surface area contributed by atoms with Gasteiger partial charge in [-0.25, -0.2) is 0 Å². The Labute approximate surface area is 122 Å². The maximum atomic E-state index is 4.80. The van der Waals surface area contributed by atoms with Crippen molar-refractivity contribution in [2.24, 2.45) is 5.92 Å². The van der Waals surface area contributed by atoms with Crippen LogP contribution < -0.4 is 10.2 Å². The van der Waals surface area contributed by atoms with Gasteiger partial charge in [0.2, 0.25) is 0 Å². The summed E-state index contributed by atoms with van der Waals surface area (Å²) < 4.78 is 0. The highest BCUT2D eigenvalue weighted by Crippen LogP contribution is 2.28. The molecule has 2 aromatic rings. The second-order valence-corrected chi connectivity index (χ2v) is 5.89. The highest BCUT2D eigenvalue weighted by molar-refractivity contribution is 5.93. The second kappa shape index (κ2) is 6.12. The summed E-state index contributed by atoms with van der Waals surface area (Å²) in [5.74, 6) is 0.621. The Bertz CT molecular complexity index is 588. The number of hydrogen-bond acceptors (Lipinski definition) is 3. The maximum Gasteiger partial charge on any atom is 0.0727 e. The number of pyridine rings is 1. The molecule has 0 bridgehead atoms. The molecule has 0 saturated carbocycles. The zero-order valence-corrected chi connectivity index (χ0v) is 13.2. The molecule has 20 heavy (non-hydrogen) atoms. The van der Waals surface area contributed by atoms with Crippen LogP contribution in [0.4, 0.5) is 11.4 Å².